The van der Waals surface area contributed by atoms with E-state index in [9.17, 15) is 14.4 Å². The molecule has 0 bridgehead atoms. The first kappa shape index (κ1) is 23.6. The molecule has 0 aliphatic carbocycles. The average Bonchev–Trinajstić information content (AvgIpc) is 3.46. The molecule has 2 aromatic carbocycles. The number of aromatic nitrogens is 1. The quantitative estimate of drug-likeness (QED) is 0.553. The molecule has 1 fully saturated rings. The third-order valence-corrected chi connectivity index (χ3v) is 6.77. The first-order valence-corrected chi connectivity index (χ1v) is 11.5. The number of nitrogens with zero attached hydrogens (tertiary/aromatic N) is 2. The minimum absolute atomic E-state index is 0.103. The van der Waals surface area contributed by atoms with E-state index in [1.165, 1.54) is 32.5 Å². The number of hydrogen-bond donors (Lipinski definition) is 1. The molecule has 0 saturated carbocycles. The number of nitrogens with one attached hydrogen (secondary N) is 1. The molecule has 2 atom stereocenters. The van der Waals surface area contributed by atoms with E-state index in [-0.39, 0.29) is 23.7 Å². The Balaban J connectivity index is 1.36. The summed E-state index contributed by atoms with van der Waals surface area (Å²) in [5.74, 6) is -1.72. The zero-order valence-electron chi connectivity index (χ0n) is 19.8. The van der Waals surface area contributed by atoms with Crippen molar-refractivity contribution in [3.05, 3.63) is 89.0 Å². The van der Waals surface area contributed by atoms with Crippen LogP contribution in [-0.4, -0.2) is 54.9 Å². The Kier molecular flexibility index (Phi) is 6.01. The fourth-order valence-electron chi connectivity index (χ4n) is 4.89. The second-order valence-corrected chi connectivity index (χ2v) is 8.80. The zero-order chi connectivity index (χ0) is 25.4. The molecule has 5 rings (SSSR count). The minimum atomic E-state index is -1.16. The molecule has 9 heteroatoms. The van der Waals surface area contributed by atoms with E-state index in [1.807, 2.05) is 12.1 Å². The lowest BCUT2D eigenvalue weighted by Crippen LogP contribution is -2.38. The summed E-state index contributed by atoms with van der Waals surface area (Å²) in [6.45, 7) is 0.529. The maximum atomic E-state index is 15.2. The van der Waals surface area contributed by atoms with E-state index < -0.39 is 29.4 Å². The third-order valence-electron chi connectivity index (χ3n) is 6.77. The van der Waals surface area contributed by atoms with Gasteiger partial charge in [0.25, 0.3) is 11.8 Å². The molecular formula is C27H24FN3O5. The van der Waals surface area contributed by atoms with Crippen LogP contribution in [-0.2, 0) is 19.9 Å². The van der Waals surface area contributed by atoms with Crippen LogP contribution in [0.5, 0.6) is 0 Å². The van der Waals surface area contributed by atoms with Crippen molar-refractivity contribution in [2.75, 3.05) is 27.2 Å². The molecule has 1 aromatic heterocycles. The van der Waals surface area contributed by atoms with Gasteiger partial charge in [-0.3, -0.25) is 14.6 Å². The maximum Gasteiger partial charge on any atom is 0.339 e. The summed E-state index contributed by atoms with van der Waals surface area (Å²) in [5.41, 5.74) is 1.91. The highest BCUT2D eigenvalue weighted by Crippen LogP contribution is 2.44. The Morgan fingerprint density at radius 2 is 1.94 bits per heavy atom. The van der Waals surface area contributed by atoms with Gasteiger partial charge in [-0.1, -0.05) is 36.4 Å². The molecule has 0 radical (unpaired) electrons. The van der Waals surface area contributed by atoms with Crippen molar-refractivity contribution in [2.24, 2.45) is 0 Å². The van der Waals surface area contributed by atoms with Gasteiger partial charge in [-0.15, -0.1) is 0 Å². The number of likely N-dealkylation sites (tertiary alicyclic amines) is 1. The van der Waals surface area contributed by atoms with Crippen molar-refractivity contribution in [2.45, 2.75) is 18.1 Å². The highest BCUT2D eigenvalue weighted by atomic mass is 19.1. The molecule has 8 nitrogen and oxygen atoms in total. The molecule has 1 N–H and O–H groups in total. The van der Waals surface area contributed by atoms with Crippen LogP contribution in [0.25, 0.3) is 11.1 Å². The van der Waals surface area contributed by atoms with Gasteiger partial charge in [0.2, 0.25) is 0 Å². The number of ether oxygens (including phenoxy) is 2. The molecule has 2 aliphatic rings. The van der Waals surface area contributed by atoms with Gasteiger partial charge in [-0.25, -0.2) is 9.18 Å². The van der Waals surface area contributed by atoms with Crippen molar-refractivity contribution in [3.63, 3.8) is 0 Å². The predicted octanol–water partition coefficient (Wildman–Crippen LogP) is 3.23. The fourth-order valence-corrected chi connectivity index (χ4v) is 4.89. The normalized spacial score (nSPS) is 19.2. The molecule has 184 valence electrons. The molecule has 2 unspecified atom stereocenters. The summed E-state index contributed by atoms with van der Waals surface area (Å²) in [7, 11) is 2.87. The Bertz CT molecular complexity index is 1360. The fraction of sp³-hybridized carbons (Fsp3) is 0.259. The largest absolute Gasteiger partial charge is 0.449 e. The van der Waals surface area contributed by atoms with Gasteiger partial charge in [0.1, 0.15) is 11.5 Å². The van der Waals surface area contributed by atoms with Crippen LogP contribution in [0.2, 0.25) is 0 Å². The van der Waals surface area contributed by atoms with Crippen LogP contribution in [0.15, 0.2) is 60.8 Å². The zero-order valence-corrected chi connectivity index (χ0v) is 19.8. The molecule has 3 aromatic rings. The number of carbonyl (C=O) groups is 3. The van der Waals surface area contributed by atoms with E-state index in [1.54, 1.807) is 35.2 Å². The summed E-state index contributed by atoms with van der Waals surface area (Å²) >= 11 is 0. The van der Waals surface area contributed by atoms with Gasteiger partial charge < -0.3 is 19.7 Å². The monoisotopic (exact) mass is 489 g/mol. The summed E-state index contributed by atoms with van der Waals surface area (Å²) in [6.07, 6.45) is 0.788. The number of halogens is 1. The van der Waals surface area contributed by atoms with E-state index in [0.29, 0.717) is 29.7 Å². The standard InChI is InChI=1S/C27H24FN3O5/c1-29-24(32)22-10-8-17(14-30-22)16-7-9-19(21(28)13-16)23(35-2)25(33)31-12-11-27(15-31)20-6-4-3-5-18(20)26(34)36-27/h3-10,13-14,23H,11-12,15H2,1-2H3,(H,29,32). The van der Waals surface area contributed by atoms with E-state index in [0.717, 1.165) is 5.56 Å². The highest BCUT2D eigenvalue weighted by Gasteiger charge is 2.51. The van der Waals surface area contributed by atoms with Gasteiger partial charge in [-0.05, 0) is 23.8 Å². The number of carbonyl (C=O) groups excluding carboxylic acids is 3. The molecule has 2 aliphatic heterocycles. The van der Waals surface area contributed by atoms with Gasteiger partial charge in [0, 0.05) is 50.0 Å². The SMILES string of the molecule is CNC(=O)c1ccc(-c2ccc(C(OC)C(=O)N3CCC4(C3)OC(=O)c3ccccc34)c(F)c2)cn1. The van der Waals surface area contributed by atoms with Gasteiger partial charge in [0.15, 0.2) is 11.7 Å². The number of hydrogen-bond acceptors (Lipinski definition) is 6. The Morgan fingerprint density at radius 1 is 1.17 bits per heavy atom. The Morgan fingerprint density at radius 3 is 2.64 bits per heavy atom. The number of rotatable bonds is 5. The number of esters is 1. The molecule has 36 heavy (non-hydrogen) atoms. The van der Waals surface area contributed by atoms with Gasteiger partial charge in [-0.2, -0.15) is 0 Å². The molecule has 3 heterocycles. The first-order valence-electron chi connectivity index (χ1n) is 11.5. The second kappa shape index (κ2) is 9.16. The van der Waals surface area contributed by atoms with Crippen LogP contribution in [0.1, 0.15) is 44.5 Å². The van der Waals surface area contributed by atoms with Crippen molar-refractivity contribution in [1.29, 1.82) is 0 Å². The second-order valence-electron chi connectivity index (χ2n) is 8.80. The summed E-state index contributed by atoms with van der Waals surface area (Å²) in [4.78, 5) is 43.1. The highest BCUT2D eigenvalue weighted by molar-refractivity contribution is 5.95. The number of benzene rings is 2. The van der Waals surface area contributed by atoms with Crippen LogP contribution in [0, 0.1) is 5.82 Å². The van der Waals surface area contributed by atoms with E-state index in [4.69, 9.17) is 9.47 Å². The topological polar surface area (TPSA) is 97.8 Å². The summed E-state index contributed by atoms with van der Waals surface area (Å²) in [5, 5.41) is 2.50. The van der Waals surface area contributed by atoms with Crippen molar-refractivity contribution in [1.82, 2.24) is 15.2 Å². The Hall–Kier alpha value is -4.11. The van der Waals surface area contributed by atoms with Crippen LogP contribution in [0.3, 0.4) is 0 Å². The van der Waals surface area contributed by atoms with Crippen molar-refractivity contribution < 1.29 is 28.2 Å². The molecular weight excluding hydrogens is 465 g/mol. The summed E-state index contributed by atoms with van der Waals surface area (Å²) in [6, 6.07) is 14.9. The minimum Gasteiger partial charge on any atom is -0.449 e. The lowest BCUT2D eigenvalue weighted by molar-refractivity contribution is -0.142. The van der Waals surface area contributed by atoms with Crippen molar-refractivity contribution in [3.8, 4) is 11.1 Å². The van der Waals surface area contributed by atoms with Gasteiger partial charge in [0.05, 0.1) is 12.1 Å². The molecule has 1 saturated heterocycles. The Labute approximate surface area is 207 Å². The van der Waals surface area contributed by atoms with E-state index in [2.05, 4.69) is 10.3 Å². The van der Waals surface area contributed by atoms with Crippen LogP contribution in [0.4, 0.5) is 4.39 Å². The molecule has 1 spiro atoms. The lowest BCUT2D eigenvalue weighted by Gasteiger charge is -2.26. The maximum absolute atomic E-state index is 15.2. The van der Waals surface area contributed by atoms with Crippen LogP contribution < -0.4 is 5.32 Å². The molecule has 2 amide bonds. The average molecular weight is 490 g/mol. The van der Waals surface area contributed by atoms with Gasteiger partial charge >= 0.3 is 5.97 Å². The number of amides is 2. The lowest BCUT2D eigenvalue weighted by atomic mass is 9.91. The third kappa shape index (κ3) is 3.91. The predicted molar refractivity (Wildman–Crippen MR) is 128 cm³/mol. The first-order chi connectivity index (χ1) is 17.4. The number of methoxy groups -OCH3 is 1. The number of pyridine rings is 1. The van der Waals surface area contributed by atoms with E-state index >= 15 is 4.39 Å². The van der Waals surface area contributed by atoms with Crippen LogP contribution >= 0.6 is 0 Å². The smallest absolute Gasteiger partial charge is 0.339 e. The van der Waals surface area contributed by atoms with Crippen molar-refractivity contribution >= 4 is 17.8 Å². The summed E-state index contributed by atoms with van der Waals surface area (Å²) < 4.78 is 26.4. The number of fused-ring (bicyclic) bond motifs is 2.